The Morgan fingerprint density at radius 2 is 0.919 bits per heavy atom. The summed E-state index contributed by atoms with van der Waals surface area (Å²) in [6, 6.07) is 18.1. The lowest BCUT2D eigenvalue weighted by Crippen LogP contribution is -2.52. The lowest BCUT2D eigenvalue weighted by Gasteiger charge is -2.50. The first-order valence-corrected chi connectivity index (χ1v) is 13.7. The molecule has 8 heteroatoms. The van der Waals surface area contributed by atoms with Gasteiger partial charge in [-0.1, -0.05) is 74.5 Å². The Labute approximate surface area is 219 Å². The van der Waals surface area contributed by atoms with Gasteiger partial charge in [0.1, 0.15) is 0 Å². The number of allylic oxidation sites excluding steroid dienone is 4. The monoisotopic (exact) mass is 548 g/mol. The molecular weight excluding hydrogens is 526 g/mol. The molecule has 192 valence electrons. The molecule has 0 unspecified atom stereocenters. The van der Waals surface area contributed by atoms with Crippen LogP contribution in [0.1, 0.15) is 37.8 Å². The zero-order chi connectivity index (χ0) is 26.4. The molecule has 0 amide bonds. The average molecular weight is 549 g/mol. The van der Waals surface area contributed by atoms with Crippen LogP contribution < -0.4 is 0 Å². The van der Waals surface area contributed by atoms with Gasteiger partial charge >= 0.3 is 17.8 Å². The summed E-state index contributed by atoms with van der Waals surface area (Å²) in [5.41, 5.74) is -1.14. The SMILES string of the molecule is CC[C@@]12SC(c3ccccc3)=CC1=C1C(=C3C=C(c4ccccc4)S[C@]32CC)C(F)(F)C(F)(F)C1(F)F. The summed E-state index contributed by atoms with van der Waals surface area (Å²) in [6.07, 6.45) is 3.51. The van der Waals surface area contributed by atoms with Gasteiger partial charge in [0.25, 0.3) is 0 Å². The van der Waals surface area contributed by atoms with Crippen LogP contribution in [0.2, 0.25) is 0 Å². The van der Waals surface area contributed by atoms with Crippen LogP contribution in [0.4, 0.5) is 26.3 Å². The Kier molecular flexibility index (Phi) is 5.30. The zero-order valence-electron chi connectivity index (χ0n) is 19.9. The van der Waals surface area contributed by atoms with E-state index in [0.717, 1.165) is 11.1 Å². The number of benzene rings is 2. The minimum Gasteiger partial charge on any atom is -0.194 e. The van der Waals surface area contributed by atoms with Crippen LogP contribution in [0.3, 0.4) is 0 Å². The van der Waals surface area contributed by atoms with E-state index in [4.69, 9.17) is 0 Å². The van der Waals surface area contributed by atoms with Gasteiger partial charge in [-0.3, -0.25) is 0 Å². The molecule has 0 nitrogen and oxygen atoms in total. The molecule has 2 heterocycles. The van der Waals surface area contributed by atoms with Gasteiger partial charge in [0.15, 0.2) is 0 Å². The van der Waals surface area contributed by atoms with Gasteiger partial charge < -0.3 is 0 Å². The maximum absolute atomic E-state index is 15.5. The molecular formula is C29H22F6S2. The molecule has 2 aliphatic heterocycles. The van der Waals surface area contributed by atoms with Crippen LogP contribution in [0.5, 0.6) is 0 Å². The summed E-state index contributed by atoms with van der Waals surface area (Å²) < 4.78 is 89.9. The highest BCUT2D eigenvalue weighted by molar-refractivity contribution is 8.14. The highest BCUT2D eigenvalue weighted by Crippen LogP contribution is 2.76. The summed E-state index contributed by atoms with van der Waals surface area (Å²) in [5, 5.41) is 0. The highest BCUT2D eigenvalue weighted by Gasteiger charge is 2.84. The molecule has 0 N–H and O–H groups in total. The molecule has 4 aliphatic rings. The normalized spacial score (nSPS) is 30.6. The van der Waals surface area contributed by atoms with Gasteiger partial charge in [-0.15, -0.1) is 23.5 Å². The third kappa shape index (κ3) is 2.86. The van der Waals surface area contributed by atoms with Crippen LogP contribution in [0.15, 0.2) is 95.1 Å². The summed E-state index contributed by atoms with van der Waals surface area (Å²) >= 11 is 2.67. The maximum Gasteiger partial charge on any atom is 0.380 e. The average Bonchev–Trinajstić information content (AvgIpc) is 3.51. The Morgan fingerprint density at radius 1 is 0.568 bits per heavy atom. The lowest BCUT2D eigenvalue weighted by atomic mass is 9.67. The second kappa shape index (κ2) is 7.85. The quantitative estimate of drug-likeness (QED) is 0.349. The lowest BCUT2D eigenvalue weighted by molar-refractivity contribution is -0.258. The Bertz CT molecular complexity index is 1310. The van der Waals surface area contributed by atoms with E-state index in [0.29, 0.717) is 22.7 Å². The van der Waals surface area contributed by atoms with Crippen LogP contribution in [0.25, 0.3) is 9.81 Å². The number of rotatable bonds is 4. The number of halogens is 6. The molecule has 2 atom stereocenters. The van der Waals surface area contributed by atoms with E-state index < -0.39 is 38.4 Å². The van der Waals surface area contributed by atoms with Gasteiger partial charge in [0.05, 0.1) is 9.49 Å². The molecule has 0 aromatic heterocycles. The first-order chi connectivity index (χ1) is 17.5. The van der Waals surface area contributed by atoms with E-state index in [1.165, 1.54) is 35.7 Å². The molecule has 6 rings (SSSR count). The molecule has 2 aromatic carbocycles. The van der Waals surface area contributed by atoms with Crippen molar-refractivity contribution >= 4 is 33.3 Å². The smallest absolute Gasteiger partial charge is 0.194 e. The second-order valence-electron chi connectivity index (χ2n) is 9.62. The van der Waals surface area contributed by atoms with Crippen LogP contribution >= 0.6 is 23.5 Å². The Balaban J connectivity index is 1.72. The molecule has 0 radical (unpaired) electrons. The highest BCUT2D eigenvalue weighted by atomic mass is 32.2. The van der Waals surface area contributed by atoms with Crippen molar-refractivity contribution in [2.75, 3.05) is 0 Å². The first-order valence-electron chi connectivity index (χ1n) is 12.0. The van der Waals surface area contributed by atoms with Crippen molar-refractivity contribution in [2.45, 2.75) is 54.0 Å². The van der Waals surface area contributed by atoms with E-state index in [2.05, 4.69) is 0 Å². The standard InChI is InChI=1S/C29H22F6S2/c1-3-25-19(15-21(36-25)17-11-7-5-8-12-17)23-24(28(32,33)29(34,35)27(23,30)31)20-16-22(37-26(20,25)4-2)18-13-9-6-10-14-18/h5-16H,3-4H2,1-2H3/t25-,26-/m1/s1. The number of thioether (sulfide) groups is 2. The van der Waals surface area contributed by atoms with Gasteiger partial charge in [0, 0.05) is 21.0 Å². The van der Waals surface area contributed by atoms with Crippen molar-refractivity contribution in [3.63, 3.8) is 0 Å². The summed E-state index contributed by atoms with van der Waals surface area (Å²) in [5.74, 6) is -15.6. The van der Waals surface area contributed by atoms with Crippen LogP contribution in [-0.4, -0.2) is 27.3 Å². The number of fused-ring (bicyclic) bond motifs is 4. The zero-order valence-corrected chi connectivity index (χ0v) is 21.6. The summed E-state index contributed by atoms with van der Waals surface area (Å²) in [4.78, 5) is 1.22. The fourth-order valence-electron chi connectivity index (χ4n) is 6.21. The maximum atomic E-state index is 15.5. The number of hydrogen-bond donors (Lipinski definition) is 0. The minimum atomic E-state index is -5.55. The minimum absolute atomic E-state index is 0.100. The predicted molar refractivity (Wildman–Crippen MR) is 139 cm³/mol. The number of alkyl halides is 6. The summed E-state index contributed by atoms with van der Waals surface area (Å²) in [6.45, 7) is 3.64. The first kappa shape index (κ1) is 25.0. The fourth-order valence-corrected chi connectivity index (χ4v) is 9.74. The van der Waals surface area contributed by atoms with Crippen LogP contribution in [0, 0.1) is 0 Å². The molecule has 1 fully saturated rings. The molecule has 37 heavy (non-hydrogen) atoms. The molecule has 0 spiro atoms. The second-order valence-corrected chi connectivity index (χ2v) is 12.3. The Hall–Kier alpha value is -2.32. The Morgan fingerprint density at radius 3 is 1.24 bits per heavy atom. The van der Waals surface area contributed by atoms with Crippen LogP contribution in [-0.2, 0) is 0 Å². The predicted octanol–water partition coefficient (Wildman–Crippen LogP) is 9.39. The fraction of sp³-hybridized carbons (Fsp3) is 0.310. The molecule has 1 saturated carbocycles. The van der Waals surface area contributed by atoms with Gasteiger partial charge in [0.2, 0.25) is 0 Å². The van der Waals surface area contributed by atoms with Gasteiger partial charge in [-0.2, -0.15) is 26.3 Å². The van der Waals surface area contributed by atoms with Crippen molar-refractivity contribution in [3.8, 4) is 0 Å². The third-order valence-corrected chi connectivity index (χ3v) is 11.6. The topological polar surface area (TPSA) is 0 Å². The van der Waals surface area contributed by atoms with Crippen molar-refractivity contribution in [3.05, 3.63) is 106 Å². The van der Waals surface area contributed by atoms with Crippen molar-refractivity contribution in [1.82, 2.24) is 0 Å². The van der Waals surface area contributed by atoms with Gasteiger partial charge in [-0.05, 0) is 47.3 Å². The van der Waals surface area contributed by atoms with E-state index >= 15 is 17.6 Å². The molecule has 0 saturated heterocycles. The van der Waals surface area contributed by atoms with E-state index in [1.807, 2.05) is 50.2 Å². The molecule has 2 aromatic rings. The third-order valence-electron chi connectivity index (χ3n) is 7.96. The van der Waals surface area contributed by atoms with Crippen molar-refractivity contribution < 1.29 is 26.3 Å². The van der Waals surface area contributed by atoms with Crippen molar-refractivity contribution in [1.29, 1.82) is 0 Å². The van der Waals surface area contributed by atoms with E-state index in [-0.39, 0.29) is 11.1 Å². The largest absolute Gasteiger partial charge is 0.380 e. The number of hydrogen-bond acceptors (Lipinski definition) is 2. The van der Waals surface area contributed by atoms with E-state index in [1.54, 1.807) is 24.3 Å². The molecule has 2 aliphatic carbocycles. The van der Waals surface area contributed by atoms with E-state index in [9.17, 15) is 8.78 Å². The summed E-state index contributed by atoms with van der Waals surface area (Å²) in [7, 11) is 0. The van der Waals surface area contributed by atoms with Gasteiger partial charge in [-0.25, -0.2) is 0 Å². The van der Waals surface area contributed by atoms with Crippen molar-refractivity contribution in [2.24, 2.45) is 0 Å². The molecule has 0 bridgehead atoms.